The summed E-state index contributed by atoms with van der Waals surface area (Å²) < 4.78 is 6.04. The predicted octanol–water partition coefficient (Wildman–Crippen LogP) is 4.76. The number of hydrogen-bond acceptors (Lipinski definition) is 2. The summed E-state index contributed by atoms with van der Waals surface area (Å²) >= 11 is 0. The average Bonchev–Trinajstić information content (AvgIpc) is 2.49. The normalized spacial score (nSPS) is 21.0. The Morgan fingerprint density at radius 2 is 1.81 bits per heavy atom. The van der Waals surface area contributed by atoms with Crippen molar-refractivity contribution >= 4 is 0 Å². The molecule has 0 radical (unpaired) electrons. The molecule has 1 aromatic rings. The molecule has 0 aliphatic carbocycles. The maximum Gasteiger partial charge on any atom is 0.0769 e. The monoisotopic (exact) mass is 289 g/mol. The molecule has 2 nitrogen and oxygen atoms in total. The van der Waals surface area contributed by atoms with Gasteiger partial charge in [-0.3, -0.25) is 0 Å². The minimum Gasteiger partial charge on any atom is -0.376 e. The molecular formula is C19H31NO. The van der Waals surface area contributed by atoms with Gasteiger partial charge in [0, 0.05) is 6.61 Å². The summed E-state index contributed by atoms with van der Waals surface area (Å²) in [6.07, 6.45) is 3.96. The molecule has 1 heterocycles. The fourth-order valence-electron chi connectivity index (χ4n) is 3.31. The van der Waals surface area contributed by atoms with E-state index in [-0.39, 0.29) is 0 Å². The molecular weight excluding hydrogens is 258 g/mol. The third-order valence-corrected chi connectivity index (χ3v) is 4.63. The summed E-state index contributed by atoms with van der Waals surface area (Å²) in [6, 6.07) is 7.32. The van der Waals surface area contributed by atoms with Crippen LogP contribution in [-0.2, 0) is 4.74 Å². The van der Waals surface area contributed by atoms with E-state index in [1.54, 1.807) is 0 Å². The first-order valence-corrected chi connectivity index (χ1v) is 8.47. The van der Waals surface area contributed by atoms with E-state index in [9.17, 15) is 0 Å². The van der Waals surface area contributed by atoms with E-state index in [0.717, 1.165) is 13.0 Å². The van der Waals surface area contributed by atoms with Crippen molar-refractivity contribution < 1.29 is 4.74 Å². The lowest BCUT2D eigenvalue weighted by Gasteiger charge is -2.32. The largest absolute Gasteiger partial charge is 0.376 e. The van der Waals surface area contributed by atoms with Crippen LogP contribution < -0.4 is 5.32 Å². The van der Waals surface area contributed by atoms with E-state index >= 15 is 0 Å². The Bertz CT molecular complexity index is 447. The van der Waals surface area contributed by atoms with Crippen LogP contribution in [0.1, 0.15) is 81.5 Å². The third-order valence-electron chi connectivity index (χ3n) is 4.63. The summed E-state index contributed by atoms with van der Waals surface area (Å²) in [5, 5.41) is 3.51. The highest BCUT2D eigenvalue weighted by molar-refractivity contribution is 5.38. The molecule has 1 aromatic carbocycles. The molecule has 0 spiro atoms. The first kappa shape index (κ1) is 16.5. The van der Waals surface area contributed by atoms with E-state index in [1.807, 2.05) is 0 Å². The van der Waals surface area contributed by atoms with Gasteiger partial charge in [0.2, 0.25) is 0 Å². The van der Waals surface area contributed by atoms with Crippen molar-refractivity contribution in [2.45, 2.75) is 70.9 Å². The highest BCUT2D eigenvalue weighted by Crippen LogP contribution is 2.33. The van der Waals surface area contributed by atoms with Gasteiger partial charge in [-0.05, 0) is 54.8 Å². The van der Waals surface area contributed by atoms with Crippen molar-refractivity contribution in [3.63, 3.8) is 0 Å². The van der Waals surface area contributed by atoms with Gasteiger partial charge in [0.1, 0.15) is 0 Å². The summed E-state index contributed by atoms with van der Waals surface area (Å²) in [6.45, 7) is 10.0. The summed E-state index contributed by atoms with van der Waals surface area (Å²) in [5.41, 5.74) is 4.32. The maximum atomic E-state index is 6.04. The van der Waals surface area contributed by atoms with Gasteiger partial charge in [0.25, 0.3) is 0 Å². The Labute approximate surface area is 130 Å². The molecule has 1 aliphatic heterocycles. The molecule has 0 saturated carbocycles. The van der Waals surface area contributed by atoms with Gasteiger partial charge in [-0.25, -0.2) is 0 Å². The fraction of sp³-hybridized carbons (Fsp3) is 0.684. The van der Waals surface area contributed by atoms with Crippen LogP contribution in [0.3, 0.4) is 0 Å². The number of benzene rings is 1. The van der Waals surface area contributed by atoms with Gasteiger partial charge in [-0.15, -0.1) is 0 Å². The number of rotatable bonds is 5. The zero-order chi connectivity index (χ0) is 15.4. The Balaban J connectivity index is 2.35. The topological polar surface area (TPSA) is 21.3 Å². The van der Waals surface area contributed by atoms with Crippen molar-refractivity contribution in [3.8, 4) is 0 Å². The highest BCUT2D eigenvalue weighted by Gasteiger charge is 2.27. The van der Waals surface area contributed by atoms with Crippen molar-refractivity contribution in [1.29, 1.82) is 0 Å². The quantitative estimate of drug-likeness (QED) is 0.843. The van der Waals surface area contributed by atoms with Gasteiger partial charge >= 0.3 is 0 Å². The first-order valence-electron chi connectivity index (χ1n) is 8.47. The molecule has 21 heavy (non-hydrogen) atoms. The van der Waals surface area contributed by atoms with Crippen molar-refractivity contribution in [2.75, 3.05) is 13.7 Å². The summed E-state index contributed by atoms with van der Waals surface area (Å²) in [4.78, 5) is 0. The molecule has 1 aliphatic rings. The third kappa shape index (κ3) is 3.87. The number of nitrogens with one attached hydrogen (secondary N) is 1. The second-order valence-corrected chi connectivity index (χ2v) is 6.87. The lowest BCUT2D eigenvalue weighted by molar-refractivity contribution is -0.00683. The van der Waals surface area contributed by atoms with Crippen LogP contribution in [0.15, 0.2) is 18.2 Å². The van der Waals surface area contributed by atoms with Crippen LogP contribution in [0, 0.1) is 0 Å². The van der Waals surface area contributed by atoms with E-state index < -0.39 is 0 Å². The van der Waals surface area contributed by atoms with Crippen LogP contribution in [0.25, 0.3) is 0 Å². The molecule has 1 N–H and O–H groups in total. The lowest BCUT2D eigenvalue weighted by atomic mass is 9.85. The van der Waals surface area contributed by atoms with Gasteiger partial charge in [-0.2, -0.15) is 0 Å². The zero-order valence-electron chi connectivity index (χ0n) is 14.3. The highest BCUT2D eigenvalue weighted by atomic mass is 16.5. The van der Waals surface area contributed by atoms with E-state index in [1.165, 1.54) is 29.5 Å². The van der Waals surface area contributed by atoms with E-state index in [0.29, 0.717) is 24.0 Å². The van der Waals surface area contributed by atoms with Gasteiger partial charge in [-0.1, -0.05) is 45.9 Å². The number of ether oxygens (including phenoxy) is 1. The molecule has 2 atom stereocenters. The minimum absolute atomic E-state index is 0.309. The Morgan fingerprint density at radius 3 is 2.33 bits per heavy atom. The Morgan fingerprint density at radius 1 is 1.05 bits per heavy atom. The van der Waals surface area contributed by atoms with E-state index in [2.05, 4.69) is 58.3 Å². The number of likely N-dealkylation sites (N-methyl/N-ethyl adjacent to an activating group) is 1. The fourth-order valence-corrected chi connectivity index (χ4v) is 3.31. The second-order valence-electron chi connectivity index (χ2n) is 6.87. The van der Waals surface area contributed by atoms with Gasteiger partial charge < -0.3 is 10.1 Å². The summed E-state index contributed by atoms with van der Waals surface area (Å²) in [5.74, 6) is 1.12. The average molecular weight is 289 g/mol. The number of hydrogen-bond donors (Lipinski definition) is 1. The molecule has 0 bridgehead atoms. The van der Waals surface area contributed by atoms with Crippen LogP contribution in [0.2, 0.25) is 0 Å². The molecule has 0 aromatic heterocycles. The SMILES string of the molecule is CNC(c1ccc(C(C)C)cc1C(C)C)C1CCCCO1. The van der Waals surface area contributed by atoms with Gasteiger partial charge in [0.05, 0.1) is 12.1 Å². The second kappa shape index (κ2) is 7.42. The molecule has 2 heteroatoms. The molecule has 1 fully saturated rings. The van der Waals surface area contributed by atoms with Crippen LogP contribution in [0.4, 0.5) is 0 Å². The van der Waals surface area contributed by atoms with Crippen molar-refractivity contribution in [2.24, 2.45) is 0 Å². The maximum absolute atomic E-state index is 6.04. The van der Waals surface area contributed by atoms with Crippen molar-refractivity contribution in [1.82, 2.24) is 5.32 Å². The minimum atomic E-state index is 0.309. The molecule has 0 amide bonds. The van der Waals surface area contributed by atoms with Crippen LogP contribution in [0.5, 0.6) is 0 Å². The molecule has 118 valence electrons. The van der Waals surface area contributed by atoms with Crippen LogP contribution in [-0.4, -0.2) is 19.8 Å². The zero-order valence-corrected chi connectivity index (χ0v) is 14.3. The summed E-state index contributed by atoms with van der Waals surface area (Å²) in [7, 11) is 2.06. The molecule has 2 rings (SSSR count). The van der Waals surface area contributed by atoms with Crippen molar-refractivity contribution in [3.05, 3.63) is 34.9 Å². The predicted molar refractivity (Wildman–Crippen MR) is 90.0 cm³/mol. The first-order chi connectivity index (χ1) is 10.0. The smallest absolute Gasteiger partial charge is 0.0769 e. The lowest BCUT2D eigenvalue weighted by Crippen LogP contribution is -2.35. The Hall–Kier alpha value is -0.860. The van der Waals surface area contributed by atoms with E-state index in [4.69, 9.17) is 4.74 Å². The molecule has 1 saturated heterocycles. The standard InChI is InChI=1S/C19H31NO/c1-13(2)15-9-10-16(17(12-15)14(3)4)19(20-5)18-8-6-7-11-21-18/h9-10,12-14,18-20H,6-8,11H2,1-5H3. The van der Waals surface area contributed by atoms with Gasteiger partial charge in [0.15, 0.2) is 0 Å². The Kier molecular flexibility index (Phi) is 5.83. The molecule has 2 unspecified atom stereocenters. The van der Waals surface area contributed by atoms with Crippen LogP contribution >= 0.6 is 0 Å².